The average Bonchev–Trinajstić information content (AvgIpc) is 1.94. The Balaban J connectivity index is 3.62. The Morgan fingerprint density at radius 2 is 1.14 bits per heavy atom. The Bertz CT molecular complexity index is 145. The Morgan fingerprint density at radius 1 is 0.857 bits per heavy atom. The fourth-order valence-corrected chi connectivity index (χ4v) is 7.37. The molecule has 0 amide bonds. The van der Waals surface area contributed by atoms with Crippen molar-refractivity contribution < 1.29 is 0 Å². The Morgan fingerprint density at radius 3 is 1.36 bits per heavy atom. The van der Waals surface area contributed by atoms with Gasteiger partial charge in [0.25, 0.3) is 0 Å². The SMILES string of the molecule is CN(C[CH2][Sn]([CH3])([CH3])[Cl])C[CH2][Sn]([CH3])([CH3])[Cl]. The molecule has 0 bridgehead atoms. The van der Waals surface area contributed by atoms with Gasteiger partial charge in [-0.05, 0) is 0 Å². The molecule has 0 aliphatic carbocycles. The van der Waals surface area contributed by atoms with Crippen LogP contribution in [0.1, 0.15) is 0 Å². The minimum absolute atomic E-state index is 1.16. The number of hydrogen-bond acceptors (Lipinski definition) is 1. The van der Waals surface area contributed by atoms with Crippen LogP contribution in [0.2, 0.25) is 28.6 Å². The molecule has 0 aromatic rings. The van der Waals surface area contributed by atoms with Crippen LogP contribution in [0, 0.1) is 0 Å². The molecule has 0 radical (unpaired) electrons. The van der Waals surface area contributed by atoms with Gasteiger partial charge in [-0.3, -0.25) is 0 Å². The summed E-state index contributed by atoms with van der Waals surface area (Å²) in [6.07, 6.45) is 0. The van der Waals surface area contributed by atoms with Crippen LogP contribution in [-0.4, -0.2) is 59.5 Å². The van der Waals surface area contributed by atoms with Crippen molar-refractivity contribution in [3.05, 3.63) is 0 Å². The van der Waals surface area contributed by atoms with Gasteiger partial charge in [-0.1, -0.05) is 0 Å². The predicted molar refractivity (Wildman–Crippen MR) is 73.8 cm³/mol. The first-order chi connectivity index (χ1) is 6.10. The van der Waals surface area contributed by atoms with Gasteiger partial charge in [0.05, 0.1) is 0 Å². The molecule has 0 rings (SSSR count). The molecule has 0 heterocycles. The number of rotatable bonds is 6. The van der Waals surface area contributed by atoms with E-state index in [0.29, 0.717) is 0 Å². The molecule has 0 aliphatic heterocycles. The topological polar surface area (TPSA) is 3.24 Å². The van der Waals surface area contributed by atoms with Crippen molar-refractivity contribution >= 4 is 52.3 Å². The van der Waals surface area contributed by atoms with Gasteiger partial charge in [0.15, 0.2) is 0 Å². The first-order valence-corrected chi connectivity index (χ1v) is 27.8. The molecular weight excluding hydrogens is 430 g/mol. The fourth-order valence-electron chi connectivity index (χ4n) is 1.03. The van der Waals surface area contributed by atoms with E-state index in [4.69, 9.17) is 17.8 Å². The summed E-state index contributed by atoms with van der Waals surface area (Å²) in [6.45, 7) is 2.32. The molecule has 1 nitrogen and oxygen atoms in total. The van der Waals surface area contributed by atoms with E-state index in [1.165, 1.54) is 8.87 Å². The molecule has 0 N–H and O–H groups in total. The third-order valence-corrected chi connectivity index (χ3v) is 12.8. The molecule has 0 saturated heterocycles. The fraction of sp³-hybridized carbons (Fsp3) is 1.00. The summed E-state index contributed by atoms with van der Waals surface area (Å²) in [6, 6.07) is 0. The first-order valence-electron chi connectivity index (χ1n) is 5.16. The molecule has 0 fully saturated rings. The molecule has 0 aromatic heterocycles. The Kier molecular flexibility index (Phi) is 7.81. The Hall–Kier alpha value is 2.14. The maximum absolute atomic E-state index is 6.34. The third-order valence-electron chi connectivity index (χ3n) is 2.18. The van der Waals surface area contributed by atoms with Crippen molar-refractivity contribution in [2.75, 3.05) is 20.1 Å². The summed E-state index contributed by atoms with van der Waals surface area (Å²) in [5.41, 5.74) is 0. The summed E-state index contributed by atoms with van der Waals surface area (Å²) >= 11 is -4.10. The zero-order valence-corrected chi connectivity index (χ0v) is 17.3. The molecule has 14 heavy (non-hydrogen) atoms. The van der Waals surface area contributed by atoms with Gasteiger partial charge in [0.2, 0.25) is 0 Å². The number of nitrogens with zero attached hydrogens (tertiary/aromatic N) is 1. The van der Waals surface area contributed by atoms with Gasteiger partial charge in [0.1, 0.15) is 0 Å². The molecule has 0 aromatic carbocycles. The van der Waals surface area contributed by atoms with Crippen molar-refractivity contribution in [1.82, 2.24) is 4.90 Å². The van der Waals surface area contributed by atoms with Crippen LogP contribution in [0.3, 0.4) is 0 Å². The van der Waals surface area contributed by atoms with Crippen molar-refractivity contribution in [2.24, 2.45) is 0 Å². The van der Waals surface area contributed by atoms with E-state index in [2.05, 4.69) is 31.7 Å². The van der Waals surface area contributed by atoms with Crippen molar-refractivity contribution in [1.29, 1.82) is 0 Å². The van der Waals surface area contributed by atoms with E-state index in [9.17, 15) is 0 Å². The van der Waals surface area contributed by atoms with Gasteiger partial charge in [-0.25, -0.2) is 0 Å². The second-order valence-electron chi connectivity index (χ2n) is 5.24. The molecular formula is C9H23Cl2NSn2. The van der Waals surface area contributed by atoms with Crippen molar-refractivity contribution in [3.63, 3.8) is 0 Å². The van der Waals surface area contributed by atoms with Gasteiger partial charge >= 0.3 is 106 Å². The van der Waals surface area contributed by atoms with E-state index in [1.54, 1.807) is 0 Å². The summed E-state index contributed by atoms with van der Waals surface area (Å²) in [5, 5.41) is 0. The van der Waals surface area contributed by atoms with Gasteiger partial charge in [-0.2, -0.15) is 0 Å². The van der Waals surface area contributed by atoms with E-state index in [-0.39, 0.29) is 0 Å². The van der Waals surface area contributed by atoms with Crippen molar-refractivity contribution in [2.45, 2.75) is 28.6 Å². The minimum atomic E-state index is -2.05. The molecule has 0 spiro atoms. The van der Waals surface area contributed by atoms with E-state index >= 15 is 0 Å². The van der Waals surface area contributed by atoms with E-state index < -0.39 is 34.5 Å². The maximum atomic E-state index is 6.34. The monoisotopic (exact) mass is 455 g/mol. The molecule has 86 valence electrons. The van der Waals surface area contributed by atoms with Gasteiger partial charge in [-0.15, -0.1) is 0 Å². The molecule has 5 heteroatoms. The first kappa shape index (κ1) is 16.1. The average molecular weight is 454 g/mol. The second kappa shape index (κ2) is 6.77. The van der Waals surface area contributed by atoms with Crippen LogP contribution >= 0.6 is 17.8 Å². The van der Waals surface area contributed by atoms with E-state index in [1.807, 2.05) is 0 Å². The molecule has 0 saturated carbocycles. The summed E-state index contributed by atoms with van der Waals surface area (Å²) in [4.78, 5) is 11.5. The van der Waals surface area contributed by atoms with Crippen LogP contribution < -0.4 is 0 Å². The summed E-state index contributed by atoms with van der Waals surface area (Å²) < 4.78 is 2.48. The zero-order chi connectivity index (χ0) is 11.4. The normalized spacial score (nSPS) is 13.7. The van der Waals surface area contributed by atoms with Crippen LogP contribution in [-0.2, 0) is 0 Å². The van der Waals surface area contributed by atoms with Gasteiger partial charge < -0.3 is 0 Å². The van der Waals surface area contributed by atoms with Gasteiger partial charge in [0, 0.05) is 0 Å². The number of halogens is 2. The summed E-state index contributed by atoms with van der Waals surface area (Å²) in [5.74, 6) is 0. The van der Waals surface area contributed by atoms with Crippen LogP contribution in [0.25, 0.3) is 0 Å². The second-order valence-corrected chi connectivity index (χ2v) is 41.4. The quantitative estimate of drug-likeness (QED) is 0.553. The third kappa shape index (κ3) is 12.2. The molecule has 0 aliphatic rings. The van der Waals surface area contributed by atoms with Crippen molar-refractivity contribution in [3.8, 4) is 0 Å². The zero-order valence-electron chi connectivity index (χ0n) is 10.0. The molecule has 0 atom stereocenters. The Labute approximate surface area is 105 Å². The number of hydrogen-bond donors (Lipinski definition) is 0. The standard InChI is InChI=1S/C5H11N.4CH3.2ClH.2Sn/c1-4-6(3)5-2;;;;;;;;/h1-2,4-5H2,3H3;4*1H3;2*1H;;/q;;;;;;;2*+1/p-2. The van der Waals surface area contributed by atoms with E-state index in [0.717, 1.165) is 13.1 Å². The van der Waals surface area contributed by atoms with Crippen LogP contribution in [0.5, 0.6) is 0 Å². The van der Waals surface area contributed by atoms with Crippen LogP contribution in [0.4, 0.5) is 0 Å². The summed E-state index contributed by atoms with van der Waals surface area (Å²) in [7, 11) is 14.9. The van der Waals surface area contributed by atoms with Crippen LogP contribution in [0.15, 0.2) is 0 Å². The predicted octanol–water partition coefficient (Wildman–Crippen LogP) is 3.81. The molecule has 0 unspecified atom stereocenters.